The van der Waals surface area contributed by atoms with Crippen molar-refractivity contribution in [2.75, 3.05) is 13.1 Å². The predicted octanol–water partition coefficient (Wildman–Crippen LogP) is 1.26. The predicted molar refractivity (Wildman–Crippen MR) is 57.1 cm³/mol. The highest BCUT2D eigenvalue weighted by Crippen LogP contribution is 2.11. The SMILES string of the molecule is OC1C=C(Cc2ccc(F)cc2)CNC1. The summed E-state index contributed by atoms with van der Waals surface area (Å²) in [4.78, 5) is 0. The summed E-state index contributed by atoms with van der Waals surface area (Å²) in [6.45, 7) is 1.42. The summed E-state index contributed by atoms with van der Waals surface area (Å²) in [5.41, 5.74) is 2.22. The van der Waals surface area contributed by atoms with Crippen LogP contribution < -0.4 is 5.32 Å². The zero-order chi connectivity index (χ0) is 10.7. The molecule has 1 atom stereocenters. The third kappa shape index (κ3) is 2.88. The van der Waals surface area contributed by atoms with E-state index in [-0.39, 0.29) is 5.82 Å². The third-order valence-electron chi connectivity index (χ3n) is 2.48. The van der Waals surface area contributed by atoms with E-state index in [1.54, 1.807) is 12.1 Å². The number of β-amino-alcohol motifs (C(OH)–C–C–N with tert-alkyl or cyclic N) is 1. The van der Waals surface area contributed by atoms with Crippen LogP contribution in [0.5, 0.6) is 0 Å². The molecule has 1 aromatic carbocycles. The molecular weight excluding hydrogens is 193 g/mol. The van der Waals surface area contributed by atoms with Crippen molar-refractivity contribution in [3.63, 3.8) is 0 Å². The molecule has 1 aliphatic heterocycles. The van der Waals surface area contributed by atoms with Gasteiger partial charge in [0.15, 0.2) is 0 Å². The van der Waals surface area contributed by atoms with Crippen LogP contribution >= 0.6 is 0 Å². The van der Waals surface area contributed by atoms with Gasteiger partial charge in [-0.2, -0.15) is 0 Å². The highest BCUT2D eigenvalue weighted by atomic mass is 19.1. The molecule has 0 radical (unpaired) electrons. The first-order valence-electron chi connectivity index (χ1n) is 5.07. The standard InChI is InChI=1S/C12H14FNO/c13-11-3-1-9(2-4-11)5-10-6-12(15)8-14-7-10/h1-4,6,12,14-15H,5,7-8H2. The number of rotatable bonds is 2. The average molecular weight is 207 g/mol. The smallest absolute Gasteiger partial charge is 0.123 e. The number of hydrogen-bond donors (Lipinski definition) is 2. The van der Waals surface area contributed by atoms with E-state index < -0.39 is 6.10 Å². The normalized spacial score (nSPS) is 21.2. The topological polar surface area (TPSA) is 32.3 Å². The minimum Gasteiger partial charge on any atom is -0.388 e. The van der Waals surface area contributed by atoms with E-state index in [4.69, 9.17) is 0 Å². The molecule has 0 spiro atoms. The molecule has 0 aliphatic carbocycles. The second-order valence-electron chi connectivity index (χ2n) is 3.83. The van der Waals surface area contributed by atoms with Gasteiger partial charge in [-0.1, -0.05) is 23.8 Å². The maximum Gasteiger partial charge on any atom is 0.123 e. The van der Waals surface area contributed by atoms with Crippen molar-refractivity contribution >= 4 is 0 Å². The van der Waals surface area contributed by atoms with Gasteiger partial charge >= 0.3 is 0 Å². The van der Waals surface area contributed by atoms with Crippen LogP contribution in [0.15, 0.2) is 35.9 Å². The molecule has 0 fully saturated rings. The lowest BCUT2D eigenvalue weighted by atomic mass is 10.0. The number of halogens is 1. The van der Waals surface area contributed by atoms with Gasteiger partial charge in [0.2, 0.25) is 0 Å². The molecule has 0 aromatic heterocycles. The van der Waals surface area contributed by atoms with Crippen LogP contribution in [0.25, 0.3) is 0 Å². The fraction of sp³-hybridized carbons (Fsp3) is 0.333. The van der Waals surface area contributed by atoms with Crippen LogP contribution in [0.2, 0.25) is 0 Å². The first-order chi connectivity index (χ1) is 7.24. The highest BCUT2D eigenvalue weighted by Gasteiger charge is 2.10. The maximum atomic E-state index is 12.7. The van der Waals surface area contributed by atoms with Crippen molar-refractivity contribution < 1.29 is 9.50 Å². The largest absolute Gasteiger partial charge is 0.388 e. The number of benzene rings is 1. The summed E-state index contributed by atoms with van der Waals surface area (Å²) in [6, 6.07) is 6.47. The molecule has 3 heteroatoms. The van der Waals surface area contributed by atoms with Crippen molar-refractivity contribution in [2.24, 2.45) is 0 Å². The van der Waals surface area contributed by atoms with Gasteiger partial charge in [0.05, 0.1) is 6.10 Å². The van der Waals surface area contributed by atoms with E-state index in [1.165, 1.54) is 12.1 Å². The van der Waals surface area contributed by atoms with Crippen LogP contribution in [0.3, 0.4) is 0 Å². The Hall–Kier alpha value is -1.19. The van der Waals surface area contributed by atoms with Crippen LogP contribution in [0, 0.1) is 5.82 Å². The van der Waals surface area contributed by atoms with Crippen molar-refractivity contribution in [1.29, 1.82) is 0 Å². The summed E-state index contributed by atoms with van der Waals surface area (Å²) >= 11 is 0. The first-order valence-corrected chi connectivity index (χ1v) is 5.07. The summed E-state index contributed by atoms with van der Waals surface area (Å²) < 4.78 is 12.7. The number of aliphatic hydroxyl groups excluding tert-OH is 1. The quantitative estimate of drug-likeness (QED) is 0.715. The fourth-order valence-corrected chi connectivity index (χ4v) is 1.76. The minimum absolute atomic E-state index is 0.213. The van der Waals surface area contributed by atoms with Gasteiger partial charge in [-0.3, -0.25) is 0 Å². The molecule has 1 aliphatic rings. The Morgan fingerprint density at radius 2 is 2.07 bits per heavy atom. The van der Waals surface area contributed by atoms with Crippen LogP contribution in [-0.2, 0) is 6.42 Å². The van der Waals surface area contributed by atoms with Gasteiger partial charge in [0.1, 0.15) is 5.82 Å². The lowest BCUT2D eigenvalue weighted by Gasteiger charge is -2.18. The van der Waals surface area contributed by atoms with E-state index in [0.717, 1.165) is 24.1 Å². The molecular formula is C12H14FNO. The molecule has 0 amide bonds. The highest BCUT2D eigenvalue weighted by molar-refractivity contribution is 5.24. The van der Waals surface area contributed by atoms with Crippen LogP contribution in [0.4, 0.5) is 4.39 Å². The fourth-order valence-electron chi connectivity index (χ4n) is 1.76. The Labute approximate surface area is 88.4 Å². The van der Waals surface area contributed by atoms with E-state index in [9.17, 15) is 9.50 Å². The summed E-state index contributed by atoms with van der Waals surface area (Å²) in [5.74, 6) is -0.213. The minimum atomic E-state index is -0.394. The monoisotopic (exact) mass is 207 g/mol. The first kappa shape index (κ1) is 10.3. The van der Waals surface area contributed by atoms with Crippen molar-refractivity contribution in [1.82, 2.24) is 5.32 Å². The number of nitrogens with one attached hydrogen (secondary N) is 1. The molecule has 15 heavy (non-hydrogen) atoms. The summed E-state index contributed by atoms with van der Waals surface area (Å²) in [6.07, 6.45) is 2.25. The average Bonchev–Trinajstić information content (AvgIpc) is 2.22. The lowest BCUT2D eigenvalue weighted by molar-refractivity contribution is 0.213. The summed E-state index contributed by atoms with van der Waals surface area (Å²) in [5, 5.41) is 12.5. The van der Waals surface area contributed by atoms with Gasteiger partial charge in [-0.25, -0.2) is 4.39 Å². The Kier molecular flexibility index (Phi) is 3.14. The van der Waals surface area contributed by atoms with Gasteiger partial charge in [0.25, 0.3) is 0 Å². The third-order valence-corrected chi connectivity index (χ3v) is 2.48. The van der Waals surface area contributed by atoms with Gasteiger partial charge in [-0.05, 0) is 24.1 Å². The van der Waals surface area contributed by atoms with E-state index in [0.29, 0.717) is 6.54 Å². The molecule has 1 heterocycles. The van der Waals surface area contributed by atoms with Crippen molar-refractivity contribution in [3.8, 4) is 0 Å². The Bertz CT molecular complexity index is 358. The Balaban J connectivity index is 2.05. The number of aliphatic hydroxyl groups is 1. The molecule has 2 nitrogen and oxygen atoms in total. The van der Waals surface area contributed by atoms with Gasteiger partial charge in [-0.15, -0.1) is 0 Å². The molecule has 1 unspecified atom stereocenters. The van der Waals surface area contributed by atoms with E-state index >= 15 is 0 Å². The van der Waals surface area contributed by atoms with Crippen LogP contribution in [-0.4, -0.2) is 24.3 Å². The molecule has 2 rings (SSSR count). The maximum absolute atomic E-state index is 12.7. The Morgan fingerprint density at radius 1 is 1.33 bits per heavy atom. The Morgan fingerprint density at radius 3 is 2.73 bits per heavy atom. The van der Waals surface area contributed by atoms with Gasteiger partial charge in [0, 0.05) is 13.1 Å². The lowest BCUT2D eigenvalue weighted by Crippen LogP contribution is -2.32. The van der Waals surface area contributed by atoms with Crippen molar-refractivity contribution in [3.05, 3.63) is 47.3 Å². The van der Waals surface area contributed by atoms with Crippen LogP contribution in [0.1, 0.15) is 5.56 Å². The molecule has 1 aromatic rings. The van der Waals surface area contributed by atoms with E-state index in [1.807, 2.05) is 6.08 Å². The van der Waals surface area contributed by atoms with Crippen molar-refractivity contribution in [2.45, 2.75) is 12.5 Å². The second kappa shape index (κ2) is 4.55. The summed E-state index contributed by atoms with van der Waals surface area (Å²) in [7, 11) is 0. The molecule has 0 saturated carbocycles. The molecule has 0 saturated heterocycles. The number of hydrogen-bond acceptors (Lipinski definition) is 2. The molecule has 80 valence electrons. The van der Waals surface area contributed by atoms with E-state index in [2.05, 4.69) is 5.32 Å². The molecule has 2 N–H and O–H groups in total. The second-order valence-corrected chi connectivity index (χ2v) is 3.83. The zero-order valence-corrected chi connectivity index (χ0v) is 8.41. The van der Waals surface area contributed by atoms with Gasteiger partial charge < -0.3 is 10.4 Å². The zero-order valence-electron chi connectivity index (χ0n) is 8.41. The molecule has 0 bridgehead atoms.